The molecule has 0 saturated heterocycles. The number of furan rings is 2. The second-order valence-electron chi connectivity index (χ2n) is 16.1. The van der Waals surface area contributed by atoms with Crippen LogP contribution in [0.3, 0.4) is 0 Å². The molecule has 0 aliphatic carbocycles. The first-order chi connectivity index (χ1) is 28.4. The van der Waals surface area contributed by atoms with Gasteiger partial charge in [-0.2, -0.15) is 0 Å². The molecule has 0 amide bonds. The van der Waals surface area contributed by atoms with Crippen LogP contribution in [-0.4, -0.2) is 4.57 Å². The van der Waals surface area contributed by atoms with Crippen LogP contribution in [0.4, 0.5) is 17.1 Å². The van der Waals surface area contributed by atoms with Crippen LogP contribution in [0, 0.1) is 0 Å². The number of para-hydroxylation sites is 4. The SMILES string of the molecule is CC(C)(C)c1cccc2c1oc1c(N(c3ccc(-c4ccccc4)cc3)c3ccc(-c4cccc5oc6c(c7ccccc7n6-c6ccccc6)c45)cc3)cccc12. The molecular formula is C54H40N2O2. The molecule has 0 spiro atoms. The number of rotatable bonds is 6. The Bertz CT molecular complexity index is 3290. The minimum absolute atomic E-state index is 0.0732. The van der Waals surface area contributed by atoms with Crippen LogP contribution in [0.1, 0.15) is 26.3 Å². The molecule has 3 heterocycles. The van der Waals surface area contributed by atoms with Gasteiger partial charge in [-0.25, -0.2) is 0 Å². The number of hydrogen-bond donors (Lipinski definition) is 0. The molecule has 0 radical (unpaired) electrons. The Kier molecular flexibility index (Phi) is 7.70. The van der Waals surface area contributed by atoms with E-state index in [1.807, 2.05) is 6.07 Å². The lowest BCUT2D eigenvalue weighted by Crippen LogP contribution is -2.11. The molecule has 0 bridgehead atoms. The summed E-state index contributed by atoms with van der Waals surface area (Å²) >= 11 is 0. The van der Waals surface area contributed by atoms with Gasteiger partial charge in [-0.3, -0.25) is 4.57 Å². The molecule has 8 aromatic carbocycles. The second kappa shape index (κ2) is 13.1. The van der Waals surface area contributed by atoms with E-state index >= 15 is 0 Å². The molecule has 3 aromatic heterocycles. The van der Waals surface area contributed by atoms with E-state index in [-0.39, 0.29) is 5.41 Å². The van der Waals surface area contributed by atoms with Crippen LogP contribution < -0.4 is 4.90 Å². The molecule has 0 unspecified atom stereocenters. The Hall–Kier alpha value is -7.30. The molecule has 0 aliphatic rings. The first kappa shape index (κ1) is 34.0. The number of benzene rings is 8. The maximum Gasteiger partial charge on any atom is 0.213 e. The number of aromatic nitrogens is 1. The Balaban J connectivity index is 1.09. The summed E-state index contributed by atoms with van der Waals surface area (Å²) in [6, 6.07) is 66.8. The van der Waals surface area contributed by atoms with Gasteiger partial charge >= 0.3 is 0 Å². The van der Waals surface area contributed by atoms with Crippen LogP contribution in [0.5, 0.6) is 0 Å². The van der Waals surface area contributed by atoms with Gasteiger partial charge in [0.2, 0.25) is 5.71 Å². The molecule has 0 fully saturated rings. The fourth-order valence-electron chi connectivity index (χ4n) is 8.83. The zero-order valence-corrected chi connectivity index (χ0v) is 32.6. The van der Waals surface area contributed by atoms with Crippen LogP contribution in [0.2, 0.25) is 0 Å². The lowest BCUT2D eigenvalue weighted by Gasteiger charge is -2.26. The third-order valence-corrected chi connectivity index (χ3v) is 11.6. The highest BCUT2D eigenvalue weighted by Crippen LogP contribution is 2.46. The average Bonchev–Trinajstić information content (AvgIpc) is 3.94. The van der Waals surface area contributed by atoms with Crippen LogP contribution in [-0.2, 0) is 5.41 Å². The number of nitrogens with zero attached hydrogens (tertiary/aromatic N) is 2. The van der Waals surface area contributed by atoms with E-state index in [9.17, 15) is 0 Å². The van der Waals surface area contributed by atoms with Crippen molar-refractivity contribution in [1.82, 2.24) is 4.57 Å². The lowest BCUT2D eigenvalue weighted by molar-refractivity contribution is 0.573. The maximum absolute atomic E-state index is 6.95. The van der Waals surface area contributed by atoms with E-state index in [0.29, 0.717) is 0 Å². The van der Waals surface area contributed by atoms with Gasteiger partial charge in [0.1, 0.15) is 11.2 Å². The monoisotopic (exact) mass is 748 g/mol. The molecule has 0 aliphatic heterocycles. The summed E-state index contributed by atoms with van der Waals surface area (Å²) in [6.07, 6.45) is 0. The van der Waals surface area contributed by atoms with Crippen molar-refractivity contribution >= 4 is 72.0 Å². The zero-order chi connectivity index (χ0) is 39.0. The van der Waals surface area contributed by atoms with Gasteiger partial charge in [-0.05, 0) is 82.3 Å². The highest BCUT2D eigenvalue weighted by atomic mass is 16.3. The molecule has 0 saturated carbocycles. The van der Waals surface area contributed by atoms with Crippen molar-refractivity contribution < 1.29 is 8.83 Å². The largest absolute Gasteiger partial charge is 0.454 e. The third kappa shape index (κ3) is 5.37. The predicted octanol–water partition coefficient (Wildman–Crippen LogP) is 15.5. The highest BCUT2D eigenvalue weighted by molar-refractivity contribution is 6.23. The van der Waals surface area contributed by atoms with Gasteiger partial charge in [0, 0.05) is 44.2 Å². The molecule has 58 heavy (non-hydrogen) atoms. The molecule has 4 nitrogen and oxygen atoms in total. The average molecular weight is 749 g/mol. The van der Waals surface area contributed by atoms with Crippen LogP contribution in [0.15, 0.2) is 197 Å². The molecule has 11 rings (SSSR count). The summed E-state index contributed by atoms with van der Waals surface area (Å²) in [5.74, 6) is 0. The maximum atomic E-state index is 6.95. The third-order valence-electron chi connectivity index (χ3n) is 11.6. The van der Waals surface area contributed by atoms with E-state index in [1.165, 1.54) is 22.1 Å². The first-order valence-electron chi connectivity index (χ1n) is 19.9. The predicted molar refractivity (Wildman–Crippen MR) is 242 cm³/mol. The fraction of sp³-hybridized carbons (Fsp3) is 0.0741. The molecule has 278 valence electrons. The number of fused-ring (bicyclic) bond motifs is 8. The second-order valence-corrected chi connectivity index (χ2v) is 16.1. The smallest absolute Gasteiger partial charge is 0.213 e. The summed E-state index contributed by atoms with van der Waals surface area (Å²) < 4.78 is 15.9. The number of anilines is 3. The Morgan fingerprint density at radius 3 is 1.76 bits per heavy atom. The van der Waals surface area contributed by atoms with Crippen molar-refractivity contribution in [3.8, 4) is 27.9 Å². The van der Waals surface area contributed by atoms with E-state index in [0.717, 1.165) is 83.4 Å². The highest BCUT2D eigenvalue weighted by Gasteiger charge is 2.25. The topological polar surface area (TPSA) is 34.5 Å². The van der Waals surface area contributed by atoms with Gasteiger partial charge in [0.25, 0.3) is 0 Å². The molecule has 0 N–H and O–H groups in total. The van der Waals surface area contributed by atoms with E-state index in [1.54, 1.807) is 0 Å². The molecule has 4 heteroatoms. The standard InChI is InChI=1S/C54H40N2O2/c1-54(2,3)45-23-12-21-42-43-22-13-25-47(52(43)58-51(42)45)55(39-31-27-36(28-32-39)35-15-6-4-7-16-35)40-33-29-37(30-34-40)41-20-14-26-48-49(41)50-44-19-10-11-24-46(44)56(53(50)57-48)38-17-8-5-9-18-38/h4-34H,1-3H3. The van der Waals surface area contributed by atoms with E-state index < -0.39 is 0 Å². The Labute approximate surface area is 336 Å². The summed E-state index contributed by atoms with van der Waals surface area (Å²) in [4.78, 5) is 2.32. The minimum atomic E-state index is -0.0732. The Morgan fingerprint density at radius 1 is 0.448 bits per heavy atom. The van der Waals surface area contributed by atoms with Crippen LogP contribution in [0.25, 0.3) is 82.9 Å². The van der Waals surface area contributed by atoms with Crippen molar-refractivity contribution in [1.29, 1.82) is 0 Å². The van der Waals surface area contributed by atoms with Gasteiger partial charge in [0.05, 0.1) is 16.6 Å². The van der Waals surface area contributed by atoms with Crippen molar-refractivity contribution in [3.63, 3.8) is 0 Å². The number of hydrogen-bond acceptors (Lipinski definition) is 3. The normalized spacial score (nSPS) is 12.1. The lowest BCUT2D eigenvalue weighted by atomic mass is 9.86. The van der Waals surface area contributed by atoms with Gasteiger partial charge in [0.15, 0.2) is 5.58 Å². The quantitative estimate of drug-likeness (QED) is 0.170. The zero-order valence-electron chi connectivity index (χ0n) is 32.6. The van der Waals surface area contributed by atoms with Gasteiger partial charge < -0.3 is 13.7 Å². The van der Waals surface area contributed by atoms with Crippen molar-refractivity contribution in [3.05, 3.63) is 194 Å². The van der Waals surface area contributed by atoms with Crippen molar-refractivity contribution in [2.45, 2.75) is 26.2 Å². The fourth-order valence-corrected chi connectivity index (χ4v) is 8.83. The van der Waals surface area contributed by atoms with Crippen molar-refractivity contribution in [2.75, 3.05) is 4.90 Å². The van der Waals surface area contributed by atoms with E-state index in [4.69, 9.17) is 8.83 Å². The summed E-state index contributed by atoms with van der Waals surface area (Å²) in [6.45, 7) is 6.73. The summed E-state index contributed by atoms with van der Waals surface area (Å²) in [7, 11) is 0. The molecular weight excluding hydrogens is 709 g/mol. The summed E-state index contributed by atoms with van der Waals surface area (Å²) in [5, 5.41) is 5.65. The van der Waals surface area contributed by atoms with E-state index in [2.05, 4.69) is 212 Å². The first-order valence-corrected chi connectivity index (χ1v) is 19.9. The van der Waals surface area contributed by atoms with Crippen molar-refractivity contribution in [2.24, 2.45) is 0 Å². The summed E-state index contributed by atoms with van der Waals surface area (Å²) in [5.41, 5.74) is 14.5. The minimum Gasteiger partial charge on any atom is -0.454 e. The van der Waals surface area contributed by atoms with Crippen LogP contribution >= 0.6 is 0 Å². The van der Waals surface area contributed by atoms with Gasteiger partial charge in [-0.1, -0.05) is 154 Å². The van der Waals surface area contributed by atoms with Gasteiger partial charge in [-0.15, -0.1) is 0 Å². The Morgan fingerprint density at radius 2 is 1.03 bits per heavy atom. The molecule has 11 aromatic rings. The molecule has 0 atom stereocenters.